The van der Waals surface area contributed by atoms with E-state index in [0.717, 1.165) is 16.0 Å². The molecule has 1 aliphatic rings. The summed E-state index contributed by atoms with van der Waals surface area (Å²) in [6.45, 7) is 8.07. The summed E-state index contributed by atoms with van der Waals surface area (Å²) in [4.78, 5) is 44.1. The number of esters is 1. The van der Waals surface area contributed by atoms with E-state index in [-0.39, 0.29) is 18.8 Å². The molecule has 0 unspecified atom stereocenters. The number of hydrogen-bond acceptors (Lipinski definition) is 9. The number of carbonyl (C=O) groups excluding carboxylic acids is 3. The number of thiophene rings is 1. The summed E-state index contributed by atoms with van der Waals surface area (Å²) < 4.78 is 4.96. The van der Waals surface area contributed by atoms with Crippen molar-refractivity contribution >= 4 is 52.1 Å². The molecule has 2 amide bonds. The predicted molar refractivity (Wildman–Crippen MR) is 152 cm³/mol. The molecule has 0 aliphatic carbocycles. The summed E-state index contributed by atoms with van der Waals surface area (Å²) in [6.07, 6.45) is 3.59. The lowest BCUT2D eigenvalue weighted by atomic mass is 10.1. The molecule has 3 rings (SSSR count). The Balaban J connectivity index is 1.57. The van der Waals surface area contributed by atoms with Crippen molar-refractivity contribution in [2.45, 2.75) is 57.9 Å². The van der Waals surface area contributed by atoms with Crippen LogP contribution in [0.1, 0.15) is 58.7 Å². The molecule has 3 N–H and O–H groups in total. The standard InChI is InChI=1S/C27H32ClN3O6S2/c1-4-6-8-18(16(3)28)11-17-12-19(38-14-17)13-29-24(34)22(32)23(33)26(35)31-10-7-9-21(31)25-30-20(15-39-25)27(36)37-5-2/h4,6,8,12,14-15,21-23,32-33H,3,5,7,9-11,13H2,1-2H3,(H,29,34)/b6-4-,18-8-/t21-,22-,23-/m1/s1. The number of likely N-dealkylation sites (tertiary alicyclic amines) is 1. The van der Waals surface area contributed by atoms with Crippen LogP contribution in [0.2, 0.25) is 0 Å². The quantitative estimate of drug-likeness (QED) is 0.252. The zero-order chi connectivity index (χ0) is 28.5. The summed E-state index contributed by atoms with van der Waals surface area (Å²) in [5.41, 5.74) is 2.02. The fraction of sp³-hybridized carbons (Fsp3) is 0.407. The Labute approximate surface area is 240 Å². The Morgan fingerprint density at radius 1 is 1.31 bits per heavy atom. The average molecular weight is 594 g/mol. The minimum Gasteiger partial charge on any atom is -0.461 e. The zero-order valence-electron chi connectivity index (χ0n) is 21.8. The van der Waals surface area contributed by atoms with E-state index >= 15 is 0 Å². The molecule has 3 heterocycles. The second-order valence-corrected chi connectivity index (χ2v) is 11.2. The number of aromatic nitrogens is 1. The summed E-state index contributed by atoms with van der Waals surface area (Å²) >= 11 is 8.74. The predicted octanol–water partition coefficient (Wildman–Crippen LogP) is 3.88. The Morgan fingerprint density at radius 2 is 2.08 bits per heavy atom. The first kappa shape index (κ1) is 30.7. The summed E-state index contributed by atoms with van der Waals surface area (Å²) in [7, 11) is 0. The first-order valence-corrected chi connectivity index (χ1v) is 14.6. The lowest BCUT2D eigenvalue weighted by Crippen LogP contribution is -2.50. The third-order valence-electron chi connectivity index (χ3n) is 6.03. The lowest BCUT2D eigenvalue weighted by Gasteiger charge is -2.27. The van der Waals surface area contributed by atoms with Gasteiger partial charge in [0, 0.05) is 21.8 Å². The van der Waals surface area contributed by atoms with Crippen LogP contribution in [-0.4, -0.2) is 63.2 Å². The number of rotatable bonds is 12. The highest BCUT2D eigenvalue weighted by molar-refractivity contribution is 7.10. The number of allylic oxidation sites excluding steroid dienone is 5. The van der Waals surface area contributed by atoms with Crippen LogP contribution in [0, 0.1) is 0 Å². The highest BCUT2D eigenvalue weighted by atomic mass is 35.5. The number of thiazole rings is 1. The molecule has 9 nitrogen and oxygen atoms in total. The average Bonchev–Trinajstić information content (AvgIpc) is 3.69. The number of nitrogens with zero attached hydrogens (tertiary/aromatic N) is 2. The van der Waals surface area contributed by atoms with E-state index in [0.29, 0.717) is 35.8 Å². The minimum absolute atomic E-state index is 0.124. The van der Waals surface area contributed by atoms with Crippen LogP contribution < -0.4 is 5.32 Å². The van der Waals surface area contributed by atoms with Crippen LogP contribution in [0.3, 0.4) is 0 Å². The number of aliphatic hydroxyl groups is 2. The van der Waals surface area contributed by atoms with Gasteiger partial charge < -0.3 is 25.2 Å². The van der Waals surface area contributed by atoms with Gasteiger partial charge in [0.1, 0.15) is 5.01 Å². The number of halogens is 1. The van der Waals surface area contributed by atoms with Gasteiger partial charge in [-0.3, -0.25) is 9.59 Å². The second kappa shape index (κ2) is 14.5. The van der Waals surface area contributed by atoms with Crippen molar-refractivity contribution in [3.05, 3.63) is 73.4 Å². The molecule has 210 valence electrons. The van der Waals surface area contributed by atoms with Crippen molar-refractivity contribution in [1.82, 2.24) is 15.2 Å². The molecular weight excluding hydrogens is 562 g/mol. The van der Waals surface area contributed by atoms with Crippen molar-refractivity contribution in [3.63, 3.8) is 0 Å². The number of aliphatic hydroxyl groups excluding tert-OH is 2. The Hall–Kier alpha value is -2.83. The Bertz CT molecular complexity index is 1250. The zero-order valence-corrected chi connectivity index (χ0v) is 24.2. The largest absolute Gasteiger partial charge is 0.461 e. The van der Waals surface area contributed by atoms with Gasteiger partial charge in [-0.05, 0) is 55.7 Å². The number of ether oxygens (including phenoxy) is 1. The van der Waals surface area contributed by atoms with Crippen LogP contribution in [0.5, 0.6) is 0 Å². The maximum Gasteiger partial charge on any atom is 0.357 e. The van der Waals surface area contributed by atoms with Crippen molar-refractivity contribution < 1.29 is 29.3 Å². The van der Waals surface area contributed by atoms with Gasteiger partial charge in [-0.1, -0.05) is 36.4 Å². The molecule has 2 aromatic rings. The topological polar surface area (TPSA) is 129 Å². The highest BCUT2D eigenvalue weighted by Crippen LogP contribution is 2.34. The number of nitrogens with one attached hydrogen (secondary N) is 1. The first-order chi connectivity index (χ1) is 18.7. The number of carbonyl (C=O) groups is 3. The van der Waals surface area contributed by atoms with Crippen LogP contribution in [0.25, 0.3) is 0 Å². The minimum atomic E-state index is -1.94. The van der Waals surface area contributed by atoms with Crippen LogP contribution in [0.15, 0.2) is 52.2 Å². The van der Waals surface area contributed by atoms with E-state index < -0.39 is 36.0 Å². The van der Waals surface area contributed by atoms with Gasteiger partial charge in [0.05, 0.1) is 19.2 Å². The molecule has 0 spiro atoms. The van der Waals surface area contributed by atoms with E-state index in [2.05, 4.69) is 16.9 Å². The van der Waals surface area contributed by atoms with Crippen LogP contribution in [0.4, 0.5) is 0 Å². The fourth-order valence-corrected chi connectivity index (χ4v) is 5.94. The van der Waals surface area contributed by atoms with E-state index in [1.165, 1.54) is 27.6 Å². The molecule has 0 saturated carbocycles. The molecular formula is C27H32ClN3O6S2. The Kier molecular flexibility index (Phi) is 11.4. The third kappa shape index (κ3) is 8.09. The third-order valence-corrected chi connectivity index (χ3v) is 8.20. The van der Waals surface area contributed by atoms with Crippen molar-refractivity contribution in [1.29, 1.82) is 0 Å². The summed E-state index contributed by atoms with van der Waals surface area (Å²) in [5, 5.41) is 28.1. The van der Waals surface area contributed by atoms with Crippen molar-refractivity contribution in [2.75, 3.05) is 13.2 Å². The van der Waals surface area contributed by atoms with Gasteiger partial charge >= 0.3 is 5.97 Å². The maximum atomic E-state index is 13.0. The molecule has 3 atom stereocenters. The normalized spacial score (nSPS) is 17.3. The van der Waals surface area contributed by atoms with Gasteiger partial charge in [0.15, 0.2) is 17.9 Å². The molecule has 39 heavy (non-hydrogen) atoms. The number of amides is 2. The maximum absolute atomic E-state index is 13.0. The van der Waals surface area contributed by atoms with E-state index in [4.69, 9.17) is 16.3 Å². The number of hydrogen-bond donors (Lipinski definition) is 3. The van der Waals surface area contributed by atoms with Crippen molar-refractivity contribution in [3.8, 4) is 0 Å². The smallest absolute Gasteiger partial charge is 0.357 e. The van der Waals surface area contributed by atoms with Crippen LogP contribution >= 0.6 is 34.3 Å². The van der Waals surface area contributed by atoms with E-state index in [9.17, 15) is 24.6 Å². The van der Waals surface area contributed by atoms with Crippen molar-refractivity contribution in [2.24, 2.45) is 0 Å². The molecule has 12 heteroatoms. The molecule has 0 bridgehead atoms. The first-order valence-electron chi connectivity index (χ1n) is 12.5. The molecule has 0 aromatic carbocycles. The van der Waals surface area contributed by atoms with Gasteiger partial charge in [-0.2, -0.15) is 0 Å². The Morgan fingerprint density at radius 3 is 2.77 bits per heavy atom. The van der Waals surface area contributed by atoms with Gasteiger partial charge in [-0.15, -0.1) is 22.7 Å². The monoisotopic (exact) mass is 593 g/mol. The molecule has 2 aromatic heterocycles. The molecule has 0 radical (unpaired) electrons. The molecule has 1 aliphatic heterocycles. The molecule has 1 saturated heterocycles. The second-order valence-electron chi connectivity index (χ2n) is 8.81. The van der Waals surface area contributed by atoms with E-state index in [1.54, 1.807) is 12.3 Å². The SMILES string of the molecule is C=C(Cl)/C(=C\C=C/C)Cc1csc(CNC(=O)[C@H](O)[C@@H](O)C(=O)N2CCC[C@@H]2c2nc(C(=O)OCC)cs2)c1. The molecule has 1 fully saturated rings. The lowest BCUT2D eigenvalue weighted by molar-refractivity contribution is -0.153. The fourth-order valence-electron chi connectivity index (χ4n) is 4.04. The summed E-state index contributed by atoms with van der Waals surface area (Å²) in [5.74, 6) is -2.17. The van der Waals surface area contributed by atoms with E-state index in [1.807, 2.05) is 36.6 Å². The van der Waals surface area contributed by atoms with Gasteiger partial charge in [0.25, 0.3) is 11.8 Å². The summed E-state index contributed by atoms with van der Waals surface area (Å²) in [6, 6.07) is 1.45. The van der Waals surface area contributed by atoms with Gasteiger partial charge in [-0.25, -0.2) is 9.78 Å². The van der Waals surface area contributed by atoms with Gasteiger partial charge in [0.2, 0.25) is 0 Å². The highest BCUT2D eigenvalue weighted by Gasteiger charge is 2.39. The van der Waals surface area contributed by atoms with Crippen LogP contribution in [-0.2, 0) is 27.3 Å².